The number of carbonyl (C=O) groups excluding carboxylic acids is 1. The number of nitrogens with two attached hydrogens (primary N) is 1. The summed E-state index contributed by atoms with van der Waals surface area (Å²) in [6.45, 7) is 4.46. The Balaban J connectivity index is 2.54. The van der Waals surface area contributed by atoms with Crippen molar-refractivity contribution in [3.8, 4) is 0 Å². The average Bonchev–Trinajstić information content (AvgIpc) is 1.86. The molecule has 2 N–H and O–H groups in total. The van der Waals surface area contributed by atoms with Gasteiger partial charge in [0.05, 0.1) is 18.1 Å². The Morgan fingerprint density at radius 1 is 1.64 bits per heavy atom. The topological polar surface area (TPSA) is 52.3 Å². The summed E-state index contributed by atoms with van der Waals surface area (Å²) < 4.78 is 5.43. The molecule has 0 saturated carbocycles. The third kappa shape index (κ3) is 2.01. The molecule has 11 heavy (non-hydrogen) atoms. The number of hydrogen-bond donors (Lipinski definition) is 1. The van der Waals surface area contributed by atoms with Crippen LogP contribution in [-0.2, 0) is 9.53 Å². The zero-order valence-corrected chi connectivity index (χ0v) is 7.04. The van der Waals surface area contributed by atoms with Crippen molar-refractivity contribution in [1.82, 2.24) is 0 Å². The van der Waals surface area contributed by atoms with E-state index in [-0.39, 0.29) is 17.6 Å². The molecule has 1 saturated heterocycles. The fourth-order valence-electron chi connectivity index (χ4n) is 1.36. The lowest BCUT2D eigenvalue weighted by atomic mass is 9.88. The van der Waals surface area contributed by atoms with Crippen LogP contribution in [0.1, 0.15) is 20.3 Å². The highest BCUT2D eigenvalue weighted by Crippen LogP contribution is 2.25. The van der Waals surface area contributed by atoms with E-state index in [2.05, 4.69) is 0 Å². The molecule has 1 aliphatic heterocycles. The van der Waals surface area contributed by atoms with E-state index in [1.165, 1.54) is 0 Å². The smallest absolute Gasteiger partial charge is 0.126 e. The Hall–Kier alpha value is -0.410. The van der Waals surface area contributed by atoms with Gasteiger partial charge in [0.15, 0.2) is 0 Å². The zero-order valence-electron chi connectivity index (χ0n) is 7.04. The maximum Gasteiger partial charge on any atom is 0.126 e. The highest BCUT2D eigenvalue weighted by atomic mass is 16.5. The molecule has 0 radical (unpaired) electrons. The second-order valence-electron chi connectivity index (χ2n) is 3.74. The van der Waals surface area contributed by atoms with Crippen molar-refractivity contribution in [2.45, 2.75) is 31.9 Å². The van der Waals surface area contributed by atoms with Crippen molar-refractivity contribution in [3.05, 3.63) is 0 Å². The quantitative estimate of drug-likeness (QED) is 0.558. The molecule has 64 valence electrons. The van der Waals surface area contributed by atoms with E-state index in [1.807, 2.05) is 13.8 Å². The maximum atomic E-state index is 10.4. The second-order valence-corrected chi connectivity index (χ2v) is 3.74. The number of rotatable bonds is 1. The lowest BCUT2D eigenvalue weighted by molar-refractivity contribution is -0.125. The van der Waals surface area contributed by atoms with Crippen molar-refractivity contribution in [3.63, 3.8) is 0 Å². The summed E-state index contributed by atoms with van der Waals surface area (Å²) in [6, 6.07) is -0.0313. The highest BCUT2D eigenvalue weighted by Gasteiger charge is 2.33. The van der Waals surface area contributed by atoms with Crippen molar-refractivity contribution in [1.29, 1.82) is 0 Å². The van der Waals surface area contributed by atoms with Crippen LogP contribution in [0.3, 0.4) is 0 Å². The molecule has 0 bridgehead atoms. The average molecular weight is 157 g/mol. The minimum Gasteiger partial charge on any atom is -0.375 e. The SMILES string of the molecule is CC1(C)C[C@H](N)[C@H](C=O)CO1. The Morgan fingerprint density at radius 2 is 2.27 bits per heavy atom. The molecule has 0 aromatic rings. The van der Waals surface area contributed by atoms with Gasteiger partial charge in [-0.2, -0.15) is 0 Å². The summed E-state index contributed by atoms with van der Waals surface area (Å²) in [5.74, 6) is -0.108. The van der Waals surface area contributed by atoms with Gasteiger partial charge in [0.1, 0.15) is 6.29 Å². The summed E-state index contributed by atoms with van der Waals surface area (Å²) in [4.78, 5) is 10.4. The molecule has 1 aliphatic rings. The van der Waals surface area contributed by atoms with Gasteiger partial charge in [-0.15, -0.1) is 0 Å². The van der Waals surface area contributed by atoms with Gasteiger partial charge in [0, 0.05) is 6.04 Å². The third-order valence-electron chi connectivity index (χ3n) is 2.12. The molecule has 2 atom stereocenters. The minimum atomic E-state index is -0.154. The van der Waals surface area contributed by atoms with Crippen LogP contribution in [0.5, 0.6) is 0 Å². The predicted octanol–water partition coefficient (Wildman–Crippen LogP) is 0.328. The van der Waals surface area contributed by atoms with Crippen molar-refractivity contribution in [2.75, 3.05) is 6.61 Å². The predicted molar refractivity (Wildman–Crippen MR) is 42.2 cm³/mol. The number of ether oxygens (including phenoxy) is 1. The molecule has 1 fully saturated rings. The lowest BCUT2D eigenvalue weighted by Gasteiger charge is -2.36. The molecule has 1 heterocycles. The van der Waals surface area contributed by atoms with Crippen LogP contribution < -0.4 is 5.73 Å². The second kappa shape index (κ2) is 2.91. The van der Waals surface area contributed by atoms with Crippen LogP contribution in [0.25, 0.3) is 0 Å². The van der Waals surface area contributed by atoms with Crippen molar-refractivity contribution < 1.29 is 9.53 Å². The summed E-state index contributed by atoms with van der Waals surface area (Å²) >= 11 is 0. The van der Waals surface area contributed by atoms with Gasteiger partial charge in [0.2, 0.25) is 0 Å². The Labute approximate surface area is 66.9 Å². The van der Waals surface area contributed by atoms with Gasteiger partial charge in [-0.25, -0.2) is 0 Å². The fourth-order valence-corrected chi connectivity index (χ4v) is 1.36. The summed E-state index contributed by atoms with van der Waals surface area (Å²) in [7, 11) is 0. The first-order chi connectivity index (χ1) is 5.05. The van der Waals surface area contributed by atoms with Gasteiger partial charge in [-0.05, 0) is 20.3 Å². The normalized spacial score (nSPS) is 36.6. The molecule has 3 heteroatoms. The first-order valence-electron chi connectivity index (χ1n) is 3.90. The first kappa shape index (κ1) is 8.68. The van der Waals surface area contributed by atoms with Gasteiger partial charge < -0.3 is 15.3 Å². The van der Waals surface area contributed by atoms with Gasteiger partial charge in [0.25, 0.3) is 0 Å². The van der Waals surface area contributed by atoms with E-state index < -0.39 is 0 Å². The van der Waals surface area contributed by atoms with E-state index in [4.69, 9.17) is 10.5 Å². The van der Waals surface area contributed by atoms with E-state index in [0.29, 0.717) is 6.61 Å². The fraction of sp³-hybridized carbons (Fsp3) is 0.875. The Kier molecular flexibility index (Phi) is 2.30. The van der Waals surface area contributed by atoms with Crippen LogP contribution in [-0.4, -0.2) is 24.5 Å². The zero-order chi connectivity index (χ0) is 8.48. The third-order valence-corrected chi connectivity index (χ3v) is 2.12. The van der Waals surface area contributed by atoms with E-state index in [1.54, 1.807) is 0 Å². The molecule has 0 unspecified atom stereocenters. The van der Waals surface area contributed by atoms with E-state index >= 15 is 0 Å². The van der Waals surface area contributed by atoms with E-state index in [9.17, 15) is 4.79 Å². The molecule has 0 aliphatic carbocycles. The molecule has 1 rings (SSSR count). The summed E-state index contributed by atoms with van der Waals surface area (Å²) in [6.07, 6.45) is 1.65. The number of carbonyl (C=O) groups is 1. The molecule has 3 nitrogen and oxygen atoms in total. The highest BCUT2D eigenvalue weighted by molar-refractivity contribution is 5.55. The standard InChI is InChI=1S/C8H15NO2/c1-8(2)3-7(9)6(4-10)5-11-8/h4,6-7H,3,5,9H2,1-2H3/t6-,7+/m1/s1. The molecule has 0 spiro atoms. The van der Waals surface area contributed by atoms with Crippen LogP contribution in [0, 0.1) is 5.92 Å². The van der Waals surface area contributed by atoms with Gasteiger partial charge in [-0.3, -0.25) is 0 Å². The monoisotopic (exact) mass is 157 g/mol. The minimum absolute atomic E-state index is 0.0313. The maximum absolute atomic E-state index is 10.4. The van der Waals surface area contributed by atoms with Crippen molar-refractivity contribution >= 4 is 6.29 Å². The van der Waals surface area contributed by atoms with Crippen LogP contribution >= 0.6 is 0 Å². The van der Waals surface area contributed by atoms with E-state index in [0.717, 1.165) is 12.7 Å². The van der Waals surface area contributed by atoms with Crippen molar-refractivity contribution in [2.24, 2.45) is 11.7 Å². The van der Waals surface area contributed by atoms with Crippen LogP contribution in [0.15, 0.2) is 0 Å². The number of aldehydes is 1. The molecule has 0 amide bonds. The summed E-state index contributed by atoms with van der Waals surface area (Å²) in [5.41, 5.74) is 5.60. The largest absolute Gasteiger partial charge is 0.375 e. The summed E-state index contributed by atoms with van der Waals surface area (Å²) in [5, 5.41) is 0. The molecule has 0 aromatic heterocycles. The van der Waals surface area contributed by atoms with Gasteiger partial charge in [-0.1, -0.05) is 0 Å². The molecular weight excluding hydrogens is 142 g/mol. The molecule has 0 aromatic carbocycles. The number of hydrogen-bond acceptors (Lipinski definition) is 3. The van der Waals surface area contributed by atoms with Gasteiger partial charge >= 0.3 is 0 Å². The first-order valence-corrected chi connectivity index (χ1v) is 3.90. The lowest BCUT2D eigenvalue weighted by Crippen LogP contribution is -2.47. The molecular formula is C8H15NO2. The van der Waals surface area contributed by atoms with Crippen LogP contribution in [0.4, 0.5) is 0 Å². The Bertz CT molecular complexity index is 156. The van der Waals surface area contributed by atoms with Crippen LogP contribution in [0.2, 0.25) is 0 Å². The Morgan fingerprint density at radius 3 is 2.73 bits per heavy atom.